The van der Waals surface area contributed by atoms with Gasteiger partial charge in [-0.05, 0) is 57.6 Å². The average molecular weight is 424 g/mol. The molecule has 1 fully saturated rings. The Hall–Kier alpha value is -1.64. The van der Waals surface area contributed by atoms with Crippen LogP contribution in [0.2, 0.25) is 0 Å². The molecular weight excluding hydrogens is 386 g/mol. The van der Waals surface area contributed by atoms with Crippen LogP contribution < -0.4 is 15.3 Å². The Morgan fingerprint density at radius 1 is 1.45 bits per heavy atom. The van der Waals surface area contributed by atoms with Crippen molar-refractivity contribution >= 4 is 27.5 Å². The molecule has 1 atom stereocenters. The lowest BCUT2D eigenvalue weighted by Crippen LogP contribution is -2.44. The van der Waals surface area contributed by atoms with Gasteiger partial charge in [0, 0.05) is 49.2 Å². The van der Waals surface area contributed by atoms with Crippen molar-refractivity contribution in [2.45, 2.75) is 65.0 Å². The summed E-state index contributed by atoms with van der Waals surface area (Å²) >= 11 is 0. The standard InChI is InChI=1S/C21H37N5O2S/c1-6-16(3)20-19(12-13-24-20)21(23-7-2)26(4)18-10-8-17(9-11-18)25-29(22,27)15-14-28-5/h7,12-13,17-18,24H,6,8-11,14-15H2,1-5H3,(H2,22,25,27)/b20-16+,21-19+,23-7?. The zero-order chi connectivity index (χ0) is 21.4. The summed E-state index contributed by atoms with van der Waals surface area (Å²) < 4.78 is 28.4. The van der Waals surface area contributed by atoms with Crippen molar-refractivity contribution in [3.05, 3.63) is 22.8 Å². The molecule has 164 valence electrons. The van der Waals surface area contributed by atoms with Gasteiger partial charge in [-0.2, -0.15) is 0 Å². The van der Waals surface area contributed by atoms with E-state index in [2.05, 4.69) is 41.6 Å². The number of aromatic nitrogens is 1. The van der Waals surface area contributed by atoms with Crippen LogP contribution in [0.4, 0.5) is 0 Å². The van der Waals surface area contributed by atoms with Gasteiger partial charge in [-0.3, -0.25) is 0 Å². The smallest absolute Gasteiger partial charge is 0.137 e. The summed E-state index contributed by atoms with van der Waals surface area (Å²) in [5.74, 6) is 1.22. The number of hydrogen-bond donors (Lipinski definition) is 3. The van der Waals surface area contributed by atoms with Crippen molar-refractivity contribution in [3.8, 4) is 0 Å². The fraction of sp³-hybridized carbons (Fsp3) is 0.667. The quantitative estimate of drug-likeness (QED) is 0.532. The molecule has 1 saturated carbocycles. The molecule has 2 rings (SSSR count). The van der Waals surface area contributed by atoms with E-state index in [-0.39, 0.29) is 11.8 Å². The third-order valence-corrected chi connectivity index (χ3v) is 7.16. The monoisotopic (exact) mass is 423 g/mol. The first-order valence-electron chi connectivity index (χ1n) is 10.4. The van der Waals surface area contributed by atoms with Crippen LogP contribution in [0.1, 0.15) is 52.9 Å². The second-order valence-corrected chi connectivity index (χ2v) is 9.71. The first-order chi connectivity index (χ1) is 13.8. The van der Waals surface area contributed by atoms with Crippen molar-refractivity contribution in [2.75, 3.05) is 26.5 Å². The number of aromatic amines is 1. The molecule has 0 saturated heterocycles. The molecule has 1 aromatic rings. The lowest BCUT2D eigenvalue weighted by Gasteiger charge is -2.36. The van der Waals surface area contributed by atoms with E-state index in [1.807, 2.05) is 19.3 Å². The van der Waals surface area contributed by atoms with E-state index in [1.165, 1.54) is 5.57 Å². The Balaban J connectivity index is 2.16. The Bertz CT molecular complexity index is 896. The van der Waals surface area contributed by atoms with Crippen LogP contribution in [0.3, 0.4) is 0 Å². The van der Waals surface area contributed by atoms with Crippen LogP contribution in [0.5, 0.6) is 0 Å². The zero-order valence-electron chi connectivity index (χ0n) is 18.5. The number of H-pyrrole nitrogens is 1. The van der Waals surface area contributed by atoms with Gasteiger partial charge in [0.15, 0.2) is 0 Å². The molecule has 1 unspecified atom stereocenters. The van der Waals surface area contributed by atoms with Gasteiger partial charge in [0.2, 0.25) is 0 Å². The molecule has 3 N–H and O–H groups in total. The first-order valence-corrected chi connectivity index (χ1v) is 12.2. The van der Waals surface area contributed by atoms with E-state index in [1.54, 1.807) is 7.11 Å². The fourth-order valence-corrected chi connectivity index (χ4v) is 5.13. The second kappa shape index (κ2) is 10.9. The van der Waals surface area contributed by atoms with Gasteiger partial charge in [0.25, 0.3) is 0 Å². The number of methoxy groups -OCH3 is 1. The van der Waals surface area contributed by atoms with E-state index < -0.39 is 9.92 Å². The summed E-state index contributed by atoms with van der Waals surface area (Å²) in [4.78, 5) is 10.4. The number of aliphatic imine (C=N–C) groups is 1. The predicted octanol–water partition coefficient (Wildman–Crippen LogP) is 2.19. The molecular formula is C21H37N5O2S. The second-order valence-electron chi connectivity index (χ2n) is 7.72. The molecule has 0 spiro atoms. The highest BCUT2D eigenvalue weighted by molar-refractivity contribution is 7.90. The van der Waals surface area contributed by atoms with Crippen molar-refractivity contribution in [3.63, 3.8) is 0 Å². The molecule has 0 aromatic carbocycles. The largest absolute Gasteiger partial charge is 0.384 e. The zero-order valence-corrected chi connectivity index (χ0v) is 19.3. The maximum Gasteiger partial charge on any atom is 0.137 e. The molecule has 8 heteroatoms. The predicted molar refractivity (Wildman–Crippen MR) is 122 cm³/mol. The highest BCUT2D eigenvalue weighted by atomic mass is 32.2. The molecule has 29 heavy (non-hydrogen) atoms. The SMILES string of the molecule is CC=N/C(=c1/cc[nH]/c1=C(\C)CC)N(C)C1CCC(NS(=N)(=O)CCOC)CC1. The lowest BCUT2D eigenvalue weighted by molar-refractivity contribution is 0.216. The molecule has 1 aliphatic rings. The summed E-state index contributed by atoms with van der Waals surface area (Å²) in [6.07, 6.45) is 8.59. The summed E-state index contributed by atoms with van der Waals surface area (Å²) in [6.45, 7) is 6.61. The molecule has 0 amide bonds. The Kier molecular flexibility index (Phi) is 8.92. The van der Waals surface area contributed by atoms with Crippen molar-refractivity contribution in [2.24, 2.45) is 4.99 Å². The van der Waals surface area contributed by atoms with E-state index in [4.69, 9.17) is 14.5 Å². The van der Waals surface area contributed by atoms with Crippen LogP contribution >= 0.6 is 0 Å². The summed E-state index contributed by atoms with van der Waals surface area (Å²) in [5, 5.41) is 2.29. The number of rotatable bonds is 9. The van der Waals surface area contributed by atoms with Crippen LogP contribution in [-0.4, -0.2) is 58.9 Å². The first kappa shape index (κ1) is 23.6. The van der Waals surface area contributed by atoms with Crippen molar-refractivity contribution < 1.29 is 8.95 Å². The molecule has 0 bridgehead atoms. The molecule has 0 radical (unpaired) electrons. The van der Waals surface area contributed by atoms with E-state index in [9.17, 15) is 4.21 Å². The summed E-state index contributed by atoms with van der Waals surface area (Å²) in [5.41, 5.74) is 1.32. The van der Waals surface area contributed by atoms with Crippen LogP contribution in [0, 0.1) is 4.78 Å². The Labute approximate surface area is 175 Å². The average Bonchev–Trinajstić information content (AvgIpc) is 3.19. The molecule has 1 aliphatic carbocycles. The third kappa shape index (κ3) is 6.42. The Morgan fingerprint density at radius 2 is 2.14 bits per heavy atom. The maximum absolute atomic E-state index is 12.3. The Morgan fingerprint density at radius 3 is 2.72 bits per heavy atom. The van der Waals surface area contributed by atoms with Gasteiger partial charge >= 0.3 is 0 Å². The number of hydrogen-bond acceptors (Lipinski definition) is 5. The van der Waals surface area contributed by atoms with E-state index in [0.29, 0.717) is 12.6 Å². The van der Waals surface area contributed by atoms with Crippen molar-refractivity contribution in [1.29, 1.82) is 4.78 Å². The summed E-state index contributed by atoms with van der Waals surface area (Å²) in [6, 6.07) is 2.60. The highest BCUT2D eigenvalue weighted by Gasteiger charge is 2.27. The van der Waals surface area contributed by atoms with Gasteiger partial charge < -0.3 is 14.6 Å². The van der Waals surface area contributed by atoms with Gasteiger partial charge in [-0.1, -0.05) is 6.92 Å². The van der Waals surface area contributed by atoms with Gasteiger partial charge in [-0.15, -0.1) is 0 Å². The molecule has 7 nitrogen and oxygen atoms in total. The van der Waals surface area contributed by atoms with Gasteiger partial charge in [0.1, 0.15) is 15.7 Å². The highest BCUT2D eigenvalue weighted by Crippen LogP contribution is 2.25. The van der Waals surface area contributed by atoms with E-state index >= 15 is 0 Å². The summed E-state index contributed by atoms with van der Waals surface area (Å²) in [7, 11) is 0.901. The number of nitrogens with zero attached hydrogens (tertiary/aromatic N) is 2. The third-order valence-electron chi connectivity index (χ3n) is 5.71. The van der Waals surface area contributed by atoms with Gasteiger partial charge in [0.05, 0.1) is 12.4 Å². The maximum atomic E-state index is 12.3. The minimum Gasteiger partial charge on any atom is -0.384 e. The number of nitrogens with one attached hydrogen (secondary N) is 3. The van der Waals surface area contributed by atoms with Crippen LogP contribution in [0.25, 0.3) is 11.4 Å². The van der Waals surface area contributed by atoms with Crippen molar-refractivity contribution in [1.82, 2.24) is 14.6 Å². The topological polar surface area (TPSA) is 93.6 Å². The molecule has 1 heterocycles. The minimum absolute atomic E-state index is 0.123. The molecule has 1 aromatic heterocycles. The fourth-order valence-electron chi connectivity index (χ4n) is 3.84. The minimum atomic E-state index is -2.78. The van der Waals surface area contributed by atoms with Gasteiger partial charge in [-0.25, -0.2) is 18.7 Å². The lowest BCUT2D eigenvalue weighted by atomic mass is 9.91. The normalized spacial score (nSPS) is 24.3. The van der Waals surface area contributed by atoms with E-state index in [0.717, 1.165) is 48.5 Å². The van der Waals surface area contributed by atoms with Crippen LogP contribution in [0.15, 0.2) is 17.3 Å². The van der Waals surface area contributed by atoms with Crippen LogP contribution in [-0.2, 0) is 14.7 Å². The molecule has 0 aliphatic heterocycles. The number of ether oxygens (including phenoxy) is 1.